The third kappa shape index (κ3) is 9.66. The molecule has 15 nitrogen and oxygen atoms in total. The van der Waals surface area contributed by atoms with E-state index >= 15 is 19.2 Å². The van der Waals surface area contributed by atoms with Crippen molar-refractivity contribution in [2.45, 2.75) is 99.8 Å². The summed E-state index contributed by atoms with van der Waals surface area (Å²) in [4.78, 5) is 79.7. The third-order valence-electron chi connectivity index (χ3n) is 14.9. The number of carbonyl (C=O) groups is 5. The quantitative estimate of drug-likeness (QED) is 0.0464. The number of benzene rings is 5. The van der Waals surface area contributed by atoms with E-state index in [-0.39, 0.29) is 36.8 Å². The van der Waals surface area contributed by atoms with Gasteiger partial charge in [0.05, 0.1) is 43.5 Å². The molecule has 3 fully saturated rings. The number of ether oxygens (including phenoxy) is 3. The molecule has 9 rings (SSSR count). The van der Waals surface area contributed by atoms with Crippen molar-refractivity contribution in [3.05, 3.63) is 167 Å². The van der Waals surface area contributed by atoms with Gasteiger partial charge in [-0.25, -0.2) is 14.5 Å². The summed E-state index contributed by atoms with van der Waals surface area (Å²) in [7, 11) is 1.20. The van der Waals surface area contributed by atoms with Gasteiger partial charge < -0.3 is 40.2 Å². The van der Waals surface area contributed by atoms with Crippen LogP contribution < -0.4 is 20.3 Å². The summed E-state index contributed by atoms with van der Waals surface area (Å²) in [5.41, 5.74) is -0.876. The highest BCUT2D eigenvalue weighted by molar-refractivity contribution is 6.25. The third-order valence-corrected chi connectivity index (χ3v) is 14.9. The van der Waals surface area contributed by atoms with Crippen molar-refractivity contribution in [1.29, 1.82) is 0 Å². The standard InChI is InChI=1S/C59H62N4O11/c1-37(2)48(54(67)72-3)61-57(70)62-44-28-27-38(29-32-58(71)30-17-4-5-18-31-58)35-43(44)59(56(62)69)47(53(66)60-36-45(65)39-19-9-6-10-20-39)50-55(68)74-51(41-23-13-8-14-24-41)49(40-21-11-7-12-22-40)63(50)52(59)42-25-15-16-26-46(42)73-34-33-64/h6-16,19-28,35,37,45,47-52,64-65,71H,4-5,17-18,30-31,33-34,36H2,1-3H3,(H,60,66)(H,61,70). The van der Waals surface area contributed by atoms with Crippen LogP contribution in [0.1, 0.15) is 110 Å². The highest BCUT2D eigenvalue weighted by Crippen LogP contribution is 2.66. The molecule has 4 aliphatic rings. The lowest BCUT2D eigenvalue weighted by molar-refractivity contribution is -0.178. The van der Waals surface area contributed by atoms with Crippen molar-refractivity contribution in [2.75, 3.05) is 31.8 Å². The molecule has 0 aromatic heterocycles. The van der Waals surface area contributed by atoms with Crippen LogP contribution in [0.4, 0.5) is 10.5 Å². The summed E-state index contributed by atoms with van der Waals surface area (Å²) >= 11 is 0. The molecular formula is C59H62N4O11. The molecule has 2 saturated heterocycles. The smallest absolute Gasteiger partial charge is 0.329 e. The highest BCUT2D eigenvalue weighted by Gasteiger charge is 2.76. The maximum atomic E-state index is 16.8. The number of nitrogens with zero attached hydrogens (tertiary/aromatic N) is 2. The van der Waals surface area contributed by atoms with Gasteiger partial charge >= 0.3 is 18.0 Å². The van der Waals surface area contributed by atoms with Gasteiger partial charge in [-0.3, -0.25) is 19.3 Å². The summed E-state index contributed by atoms with van der Waals surface area (Å²) in [6.07, 6.45) is 2.19. The molecule has 0 radical (unpaired) electrons. The minimum Gasteiger partial charge on any atom is -0.491 e. The number of carbonyl (C=O) groups excluding carboxylic acids is 5. The predicted octanol–water partition coefficient (Wildman–Crippen LogP) is 6.92. The first kappa shape index (κ1) is 51.5. The van der Waals surface area contributed by atoms with Crippen LogP contribution >= 0.6 is 0 Å². The lowest BCUT2D eigenvalue weighted by Gasteiger charge is -2.46. The Morgan fingerprint density at radius 3 is 2.11 bits per heavy atom. The maximum absolute atomic E-state index is 16.8. The number of cyclic esters (lactones) is 1. The Morgan fingerprint density at radius 1 is 0.824 bits per heavy atom. The lowest BCUT2D eigenvalue weighted by atomic mass is 9.65. The topological polar surface area (TPSA) is 204 Å². The molecule has 8 unspecified atom stereocenters. The van der Waals surface area contributed by atoms with E-state index in [1.807, 2.05) is 65.6 Å². The van der Waals surface area contributed by atoms with Crippen LogP contribution in [0.2, 0.25) is 0 Å². The van der Waals surface area contributed by atoms with E-state index in [1.165, 1.54) is 7.11 Å². The molecule has 74 heavy (non-hydrogen) atoms. The number of aliphatic hydroxyl groups excluding tert-OH is 2. The van der Waals surface area contributed by atoms with Crippen LogP contribution in [0, 0.1) is 23.7 Å². The molecule has 1 aliphatic carbocycles. The van der Waals surface area contributed by atoms with Crippen LogP contribution in [-0.2, 0) is 34.1 Å². The van der Waals surface area contributed by atoms with E-state index in [2.05, 4.69) is 22.5 Å². The average Bonchev–Trinajstić information content (AvgIpc) is 3.79. The fraction of sp³-hybridized carbons (Fsp3) is 0.373. The molecular weight excluding hydrogens is 941 g/mol. The number of para-hydroxylation sites is 1. The minimum atomic E-state index is -2.26. The molecule has 15 heteroatoms. The van der Waals surface area contributed by atoms with Crippen LogP contribution in [0.5, 0.6) is 5.75 Å². The maximum Gasteiger partial charge on any atom is 0.329 e. The predicted molar refractivity (Wildman–Crippen MR) is 274 cm³/mol. The molecule has 1 spiro atoms. The number of imide groups is 1. The number of amides is 4. The van der Waals surface area contributed by atoms with Crippen molar-refractivity contribution < 1.29 is 53.5 Å². The monoisotopic (exact) mass is 1000 g/mol. The summed E-state index contributed by atoms with van der Waals surface area (Å²) in [5, 5.41) is 39.2. The van der Waals surface area contributed by atoms with E-state index in [0.29, 0.717) is 40.7 Å². The molecule has 5 aromatic rings. The van der Waals surface area contributed by atoms with E-state index < -0.39 is 89.0 Å². The number of methoxy groups -OCH3 is 1. The van der Waals surface area contributed by atoms with Crippen molar-refractivity contribution in [3.8, 4) is 17.6 Å². The van der Waals surface area contributed by atoms with Gasteiger partial charge in [0, 0.05) is 17.7 Å². The molecule has 4 amide bonds. The van der Waals surface area contributed by atoms with Crippen LogP contribution in [-0.4, -0.2) is 94.6 Å². The van der Waals surface area contributed by atoms with Gasteiger partial charge in [-0.15, -0.1) is 0 Å². The number of fused-ring (bicyclic) bond motifs is 3. The number of aliphatic hydroxyl groups is 3. The van der Waals surface area contributed by atoms with Gasteiger partial charge in [0.25, 0.3) is 0 Å². The van der Waals surface area contributed by atoms with Gasteiger partial charge in [0.15, 0.2) is 0 Å². The number of urea groups is 1. The Labute approximate surface area is 430 Å². The fourth-order valence-electron chi connectivity index (χ4n) is 11.5. The second-order valence-electron chi connectivity index (χ2n) is 19.8. The molecule has 384 valence electrons. The van der Waals surface area contributed by atoms with Crippen molar-refractivity contribution in [3.63, 3.8) is 0 Å². The van der Waals surface area contributed by atoms with Gasteiger partial charge in [-0.2, -0.15) is 0 Å². The number of hydrogen-bond donors (Lipinski definition) is 5. The number of rotatable bonds is 13. The first-order valence-electron chi connectivity index (χ1n) is 25.4. The molecule has 3 aliphatic heterocycles. The molecule has 0 bridgehead atoms. The zero-order valence-corrected chi connectivity index (χ0v) is 41.7. The first-order valence-corrected chi connectivity index (χ1v) is 25.4. The summed E-state index contributed by atoms with van der Waals surface area (Å²) < 4.78 is 18.0. The number of anilines is 1. The van der Waals surface area contributed by atoms with Gasteiger partial charge in [0.1, 0.15) is 41.6 Å². The number of nitrogens with one attached hydrogen (secondary N) is 2. The van der Waals surface area contributed by atoms with Crippen LogP contribution in [0.15, 0.2) is 133 Å². The largest absolute Gasteiger partial charge is 0.491 e. The fourth-order valence-corrected chi connectivity index (χ4v) is 11.5. The summed E-state index contributed by atoms with van der Waals surface area (Å²) in [6, 6.07) is 32.9. The van der Waals surface area contributed by atoms with Crippen molar-refractivity contribution in [2.24, 2.45) is 11.8 Å². The van der Waals surface area contributed by atoms with E-state index in [1.54, 1.807) is 86.6 Å². The molecule has 1 saturated carbocycles. The van der Waals surface area contributed by atoms with E-state index in [0.717, 1.165) is 30.6 Å². The lowest BCUT2D eigenvalue weighted by Crippen LogP contribution is -2.58. The first-order chi connectivity index (χ1) is 35.8. The SMILES string of the molecule is COC(=O)C(NC(=O)N1C(=O)C2(c3cc(C#CC4(O)CCCCCC4)ccc31)C(C(=O)NCC(O)c1ccccc1)C1C(=O)OC(c3ccccc3)C(c3ccccc3)N1C2c1ccccc1OCCO)C(C)C. The normalized spacial score (nSPS) is 23.8. The zero-order chi connectivity index (χ0) is 52.1. The Balaban J connectivity index is 1.36. The second kappa shape index (κ2) is 22.0. The Morgan fingerprint density at radius 2 is 1.46 bits per heavy atom. The van der Waals surface area contributed by atoms with E-state index in [4.69, 9.17) is 14.2 Å². The molecule has 5 aromatic carbocycles. The molecule has 3 heterocycles. The highest BCUT2D eigenvalue weighted by atomic mass is 16.6. The Kier molecular flexibility index (Phi) is 15.3. The Bertz CT molecular complexity index is 2920. The number of morpholine rings is 1. The summed E-state index contributed by atoms with van der Waals surface area (Å²) in [6.45, 7) is 2.56. The second-order valence-corrected chi connectivity index (χ2v) is 19.8. The van der Waals surface area contributed by atoms with Gasteiger partial charge in [-0.05, 0) is 78.1 Å². The minimum absolute atomic E-state index is 0.0450. The summed E-state index contributed by atoms with van der Waals surface area (Å²) in [5.74, 6) is 1.02. The molecule has 8 atom stereocenters. The van der Waals surface area contributed by atoms with Gasteiger partial charge in [0.2, 0.25) is 11.8 Å². The van der Waals surface area contributed by atoms with Crippen LogP contribution in [0.25, 0.3) is 0 Å². The van der Waals surface area contributed by atoms with Crippen molar-refractivity contribution in [1.82, 2.24) is 15.5 Å². The number of esters is 2. The van der Waals surface area contributed by atoms with E-state index in [9.17, 15) is 20.1 Å². The Hall–Kier alpha value is -7.35. The van der Waals surface area contributed by atoms with Gasteiger partial charge in [-0.1, -0.05) is 148 Å². The van der Waals surface area contributed by atoms with Crippen molar-refractivity contribution >= 4 is 35.5 Å². The van der Waals surface area contributed by atoms with Crippen LogP contribution in [0.3, 0.4) is 0 Å². The number of hydrogen-bond acceptors (Lipinski definition) is 12. The average molecular weight is 1000 g/mol. The molecule has 5 N–H and O–H groups in total. The zero-order valence-electron chi connectivity index (χ0n) is 41.7.